The molecule has 4 heteroatoms. The summed E-state index contributed by atoms with van der Waals surface area (Å²) in [6.45, 7) is 12.9. The molecule has 1 saturated carbocycles. The van der Waals surface area contributed by atoms with Gasteiger partial charge in [-0.2, -0.15) is 0 Å². The van der Waals surface area contributed by atoms with Crippen molar-refractivity contribution in [3.63, 3.8) is 0 Å². The van der Waals surface area contributed by atoms with Crippen LogP contribution in [0.4, 0.5) is 0 Å². The fourth-order valence-corrected chi connectivity index (χ4v) is 4.18. The number of fused-ring (bicyclic) bond motifs is 1. The van der Waals surface area contributed by atoms with E-state index in [-0.39, 0.29) is 48.0 Å². The van der Waals surface area contributed by atoms with Crippen LogP contribution in [0.3, 0.4) is 0 Å². The van der Waals surface area contributed by atoms with E-state index < -0.39 is 0 Å². The molecule has 1 saturated heterocycles. The largest absolute Gasteiger partial charge is 1.00 e. The van der Waals surface area contributed by atoms with E-state index in [0.29, 0.717) is 0 Å². The fourth-order valence-electron chi connectivity index (χ4n) is 4.18. The van der Waals surface area contributed by atoms with Crippen molar-refractivity contribution in [3.05, 3.63) is 0 Å². The SMILES string of the molecule is CC[N+](C)(CC)CC[N+]1(C)CC2CCCCC2C1.[I-].[I-]. The molecule has 2 nitrogen and oxygen atoms in total. The van der Waals surface area contributed by atoms with Crippen LogP contribution >= 0.6 is 0 Å². The molecule has 122 valence electrons. The highest BCUT2D eigenvalue weighted by Gasteiger charge is 2.43. The van der Waals surface area contributed by atoms with Crippen molar-refractivity contribution >= 4 is 0 Å². The molecule has 2 fully saturated rings. The average molecular weight is 508 g/mol. The summed E-state index contributed by atoms with van der Waals surface area (Å²) in [5, 5.41) is 0. The van der Waals surface area contributed by atoms with Crippen LogP contribution in [0, 0.1) is 11.8 Å². The highest BCUT2D eigenvalue weighted by Crippen LogP contribution is 2.38. The molecule has 2 aliphatic rings. The molecular formula is C16H34I2N2. The van der Waals surface area contributed by atoms with E-state index in [1.54, 1.807) is 0 Å². The maximum absolute atomic E-state index is 2.52. The third-order valence-corrected chi connectivity index (χ3v) is 6.12. The molecule has 1 aliphatic carbocycles. The molecule has 2 atom stereocenters. The van der Waals surface area contributed by atoms with E-state index in [9.17, 15) is 0 Å². The summed E-state index contributed by atoms with van der Waals surface area (Å²) >= 11 is 0. The monoisotopic (exact) mass is 508 g/mol. The lowest BCUT2D eigenvalue weighted by molar-refractivity contribution is -0.958. The maximum atomic E-state index is 2.52. The predicted molar refractivity (Wildman–Crippen MR) is 78.4 cm³/mol. The summed E-state index contributed by atoms with van der Waals surface area (Å²) < 4.78 is 2.62. The van der Waals surface area contributed by atoms with E-state index in [1.165, 1.54) is 73.9 Å². The second-order valence-corrected chi connectivity index (χ2v) is 7.49. The molecule has 2 rings (SSSR count). The number of hydrogen-bond donors (Lipinski definition) is 0. The summed E-state index contributed by atoms with van der Waals surface area (Å²) in [7, 11) is 4.95. The highest BCUT2D eigenvalue weighted by atomic mass is 127. The van der Waals surface area contributed by atoms with Crippen LogP contribution in [0.25, 0.3) is 0 Å². The van der Waals surface area contributed by atoms with Crippen LogP contribution in [0.5, 0.6) is 0 Å². The zero-order valence-electron chi connectivity index (χ0n) is 13.9. The molecule has 2 unspecified atom stereocenters. The Kier molecular flexibility index (Phi) is 9.48. The molecule has 20 heavy (non-hydrogen) atoms. The van der Waals surface area contributed by atoms with Crippen LogP contribution in [0.15, 0.2) is 0 Å². The van der Waals surface area contributed by atoms with Crippen molar-refractivity contribution < 1.29 is 56.9 Å². The number of hydrogen-bond acceptors (Lipinski definition) is 0. The van der Waals surface area contributed by atoms with E-state index in [4.69, 9.17) is 0 Å². The maximum Gasteiger partial charge on any atom is 0.128 e. The average Bonchev–Trinajstić information content (AvgIpc) is 2.73. The van der Waals surface area contributed by atoms with Crippen LogP contribution in [0.1, 0.15) is 39.5 Å². The Morgan fingerprint density at radius 1 is 0.950 bits per heavy atom. The van der Waals surface area contributed by atoms with Crippen molar-refractivity contribution in [3.8, 4) is 0 Å². The topological polar surface area (TPSA) is 0 Å². The van der Waals surface area contributed by atoms with Gasteiger partial charge >= 0.3 is 0 Å². The van der Waals surface area contributed by atoms with Gasteiger partial charge < -0.3 is 56.9 Å². The molecule has 0 aromatic rings. The second kappa shape index (κ2) is 8.87. The van der Waals surface area contributed by atoms with Gasteiger partial charge in [-0.25, -0.2) is 0 Å². The van der Waals surface area contributed by atoms with Crippen LogP contribution in [-0.4, -0.2) is 62.3 Å². The quantitative estimate of drug-likeness (QED) is 0.271. The van der Waals surface area contributed by atoms with Gasteiger partial charge in [-0.1, -0.05) is 12.8 Å². The highest BCUT2D eigenvalue weighted by molar-refractivity contribution is 4.80. The van der Waals surface area contributed by atoms with Gasteiger partial charge in [0.2, 0.25) is 0 Å². The summed E-state index contributed by atoms with van der Waals surface area (Å²) in [4.78, 5) is 0. The van der Waals surface area contributed by atoms with Crippen LogP contribution < -0.4 is 48.0 Å². The molecule has 0 radical (unpaired) electrons. The summed E-state index contributed by atoms with van der Waals surface area (Å²) in [6, 6.07) is 0. The normalized spacial score (nSPS) is 33.0. The molecule has 0 N–H and O–H groups in total. The molecule has 1 aliphatic heterocycles. The Morgan fingerprint density at radius 2 is 1.40 bits per heavy atom. The van der Waals surface area contributed by atoms with Crippen molar-refractivity contribution in [1.29, 1.82) is 0 Å². The predicted octanol–water partition coefficient (Wildman–Crippen LogP) is -3.25. The summed E-state index contributed by atoms with van der Waals surface area (Å²) in [5.41, 5.74) is 0. The Balaban J connectivity index is 0.00000180. The van der Waals surface area contributed by atoms with Gasteiger partial charge in [0.05, 0.1) is 40.3 Å². The van der Waals surface area contributed by atoms with Gasteiger partial charge in [-0.05, 0) is 26.7 Å². The first kappa shape index (κ1) is 21.4. The first-order valence-electron chi connectivity index (χ1n) is 8.17. The Hall–Kier alpha value is 1.38. The fraction of sp³-hybridized carbons (Fsp3) is 1.00. The van der Waals surface area contributed by atoms with Crippen LogP contribution in [-0.2, 0) is 0 Å². The zero-order valence-corrected chi connectivity index (χ0v) is 18.2. The van der Waals surface area contributed by atoms with Crippen molar-refractivity contribution in [2.45, 2.75) is 39.5 Å². The third-order valence-electron chi connectivity index (χ3n) is 6.12. The van der Waals surface area contributed by atoms with Crippen molar-refractivity contribution in [1.82, 2.24) is 0 Å². The molecular weight excluding hydrogens is 474 g/mol. The molecule has 0 amide bonds. The van der Waals surface area contributed by atoms with Crippen molar-refractivity contribution in [2.75, 3.05) is 53.4 Å². The lowest BCUT2D eigenvalue weighted by Gasteiger charge is -2.37. The first-order valence-corrected chi connectivity index (χ1v) is 8.17. The molecule has 0 spiro atoms. The summed E-state index contributed by atoms with van der Waals surface area (Å²) in [6.07, 6.45) is 6.04. The minimum atomic E-state index is 0. The second-order valence-electron chi connectivity index (χ2n) is 7.49. The molecule has 0 aromatic heterocycles. The van der Waals surface area contributed by atoms with Gasteiger partial charge in [0.1, 0.15) is 13.1 Å². The standard InChI is InChI=1S/C16H34N2.2HI/c1-5-17(3,6-2)11-12-18(4)13-15-9-7-8-10-16(15)14-18;;/h15-16H,5-14H2,1-4H3;2*1H/q+2;;/p-2. The summed E-state index contributed by atoms with van der Waals surface area (Å²) in [5.74, 6) is 2.12. The lowest BCUT2D eigenvalue weighted by atomic mass is 9.82. The number of likely N-dealkylation sites (N-methyl/N-ethyl adjacent to an activating group) is 2. The Labute approximate surface area is 160 Å². The third kappa shape index (κ3) is 5.23. The Bertz CT molecular complexity index is 266. The molecule has 1 heterocycles. The van der Waals surface area contributed by atoms with E-state index in [0.717, 1.165) is 11.8 Å². The first-order chi connectivity index (χ1) is 8.50. The van der Waals surface area contributed by atoms with Crippen molar-refractivity contribution in [2.24, 2.45) is 11.8 Å². The number of rotatable bonds is 5. The molecule has 0 aromatic carbocycles. The van der Waals surface area contributed by atoms with Gasteiger partial charge in [-0.15, -0.1) is 0 Å². The number of likely N-dealkylation sites (tertiary alicyclic amines) is 1. The van der Waals surface area contributed by atoms with Gasteiger partial charge in [0.25, 0.3) is 0 Å². The van der Waals surface area contributed by atoms with E-state index >= 15 is 0 Å². The van der Waals surface area contributed by atoms with E-state index in [2.05, 4.69) is 27.9 Å². The van der Waals surface area contributed by atoms with Gasteiger partial charge in [-0.3, -0.25) is 0 Å². The van der Waals surface area contributed by atoms with Gasteiger partial charge in [0, 0.05) is 11.8 Å². The zero-order chi connectivity index (χ0) is 13.2. The Morgan fingerprint density at radius 3 is 1.80 bits per heavy atom. The minimum Gasteiger partial charge on any atom is -1.00 e. The minimum absolute atomic E-state index is 0. The molecule has 0 bridgehead atoms. The number of nitrogens with zero attached hydrogens (tertiary/aromatic N) is 2. The van der Waals surface area contributed by atoms with Gasteiger partial charge in [0.15, 0.2) is 0 Å². The van der Waals surface area contributed by atoms with E-state index in [1.807, 2.05) is 0 Å². The smallest absolute Gasteiger partial charge is 0.128 e. The number of halogens is 2. The number of quaternary nitrogens is 2. The van der Waals surface area contributed by atoms with Crippen LogP contribution in [0.2, 0.25) is 0 Å². The lowest BCUT2D eigenvalue weighted by Crippen LogP contribution is -3.00.